The van der Waals surface area contributed by atoms with E-state index in [1.807, 2.05) is 6.07 Å². The highest BCUT2D eigenvalue weighted by atomic mass is 19.1. The van der Waals surface area contributed by atoms with Gasteiger partial charge in [0.2, 0.25) is 0 Å². The summed E-state index contributed by atoms with van der Waals surface area (Å²) in [6.07, 6.45) is 1.29. The lowest BCUT2D eigenvalue weighted by molar-refractivity contribution is 0.195. The number of halogens is 1. The number of rotatable bonds is 8. The number of aliphatic hydroxyl groups is 1. The number of ether oxygens (including phenoxy) is 1. The van der Waals surface area contributed by atoms with E-state index in [4.69, 9.17) is 4.74 Å². The molecule has 1 aromatic carbocycles. The quantitative estimate of drug-likeness (QED) is 0.791. The smallest absolute Gasteiger partial charge is 0.126 e. The summed E-state index contributed by atoms with van der Waals surface area (Å²) in [4.78, 5) is 2.23. The van der Waals surface area contributed by atoms with E-state index in [1.165, 1.54) is 6.07 Å². The summed E-state index contributed by atoms with van der Waals surface area (Å²) in [6, 6.07) is 3.64. The zero-order valence-corrected chi connectivity index (χ0v) is 13.8. The Bertz CT molecular complexity index is 445. The van der Waals surface area contributed by atoms with E-state index in [1.54, 1.807) is 21.0 Å². The summed E-state index contributed by atoms with van der Waals surface area (Å²) in [6.45, 7) is 9.06. The Balaban J connectivity index is 3.30. The number of aryl methyl sites for hydroxylation is 1. The molecule has 0 aliphatic carbocycles. The van der Waals surface area contributed by atoms with E-state index in [9.17, 15) is 9.50 Å². The number of nitrogens with zero attached hydrogens (tertiary/aromatic N) is 1. The fraction of sp³-hybridized carbons (Fsp3) is 0.647. The Kier molecular flexibility index (Phi) is 7.12. The van der Waals surface area contributed by atoms with Gasteiger partial charge in [-0.2, -0.15) is 0 Å². The van der Waals surface area contributed by atoms with Crippen molar-refractivity contribution in [1.82, 2.24) is 0 Å². The van der Waals surface area contributed by atoms with Gasteiger partial charge >= 0.3 is 0 Å². The average molecular weight is 297 g/mol. The van der Waals surface area contributed by atoms with Crippen LogP contribution in [0.25, 0.3) is 0 Å². The predicted molar refractivity (Wildman–Crippen MR) is 85.4 cm³/mol. The van der Waals surface area contributed by atoms with Gasteiger partial charge < -0.3 is 14.7 Å². The van der Waals surface area contributed by atoms with E-state index >= 15 is 0 Å². The molecule has 0 aliphatic rings. The molecule has 21 heavy (non-hydrogen) atoms. The molecule has 0 bridgehead atoms. The molecular weight excluding hydrogens is 269 g/mol. The Hall–Kier alpha value is -1.13. The van der Waals surface area contributed by atoms with Crippen LogP contribution in [-0.2, 0) is 4.74 Å². The summed E-state index contributed by atoms with van der Waals surface area (Å²) in [7, 11) is 1.68. The van der Waals surface area contributed by atoms with Gasteiger partial charge in [-0.1, -0.05) is 13.8 Å². The van der Waals surface area contributed by atoms with E-state index in [-0.39, 0.29) is 5.82 Å². The third-order valence-electron chi connectivity index (χ3n) is 3.99. The highest BCUT2D eigenvalue weighted by molar-refractivity contribution is 5.57. The number of anilines is 1. The van der Waals surface area contributed by atoms with Gasteiger partial charge in [0.1, 0.15) is 5.82 Å². The summed E-state index contributed by atoms with van der Waals surface area (Å²) < 4.78 is 19.1. The molecule has 0 saturated carbocycles. The molecule has 120 valence electrons. The van der Waals surface area contributed by atoms with Crippen molar-refractivity contribution in [3.63, 3.8) is 0 Å². The maximum absolute atomic E-state index is 13.8. The van der Waals surface area contributed by atoms with Crippen LogP contribution < -0.4 is 4.90 Å². The molecule has 0 saturated heterocycles. The van der Waals surface area contributed by atoms with Crippen molar-refractivity contribution in [2.24, 2.45) is 0 Å². The molecule has 1 aromatic rings. The summed E-state index contributed by atoms with van der Waals surface area (Å²) in [5.41, 5.74) is 2.15. The number of methoxy groups -OCH3 is 1. The first-order chi connectivity index (χ1) is 9.96. The van der Waals surface area contributed by atoms with Gasteiger partial charge in [-0.05, 0) is 44.4 Å². The molecule has 3 nitrogen and oxygen atoms in total. The Labute approximate surface area is 127 Å². The molecule has 1 rings (SSSR count). The first-order valence-electron chi connectivity index (χ1n) is 7.69. The topological polar surface area (TPSA) is 32.7 Å². The monoisotopic (exact) mass is 297 g/mol. The van der Waals surface area contributed by atoms with Crippen LogP contribution >= 0.6 is 0 Å². The molecular formula is C17H28FNO2. The minimum atomic E-state index is -0.700. The second-order valence-corrected chi connectivity index (χ2v) is 5.49. The van der Waals surface area contributed by atoms with Crippen molar-refractivity contribution in [3.8, 4) is 0 Å². The predicted octanol–water partition coefficient (Wildman–Crippen LogP) is 3.83. The van der Waals surface area contributed by atoms with Gasteiger partial charge in [0.05, 0.1) is 12.7 Å². The normalized spacial score (nSPS) is 12.8. The largest absolute Gasteiger partial charge is 0.389 e. The summed E-state index contributed by atoms with van der Waals surface area (Å²) in [5.74, 6) is -0.272. The van der Waals surface area contributed by atoms with Crippen molar-refractivity contribution in [2.75, 3.05) is 25.2 Å². The van der Waals surface area contributed by atoms with Gasteiger partial charge in [0, 0.05) is 30.9 Å². The number of hydrogen-bond donors (Lipinski definition) is 1. The Morgan fingerprint density at radius 1 is 1.29 bits per heavy atom. The molecule has 0 amide bonds. The molecule has 0 aromatic heterocycles. The molecule has 4 heteroatoms. The zero-order valence-electron chi connectivity index (χ0n) is 13.8. The van der Waals surface area contributed by atoms with Gasteiger partial charge in [-0.3, -0.25) is 0 Å². The average Bonchev–Trinajstić information content (AvgIpc) is 2.46. The number of aliphatic hydroxyl groups excluding tert-OH is 1. The molecule has 0 heterocycles. The molecule has 0 spiro atoms. The van der Waals surface area contributed by atoms with Gasteiger partial charge in [0.15, 0.2) is 0 Å². The van der Waals surface area contributed by atoms with Crippen molar-refractivity contribution in [1.29, 1.82) is 0 Å². The van der Waals surface area contributed by atoms with Crippen molar-refractivity contribution < 1.29 is 14.2 Å². The van der Waals surface area contributed by atoms with Crippen LogP contribution in [0.2, 0.25) is 0 Å². The molecule has 1 atom stereocenters. The van der Waals surface area contributed by atoms with Gasteiger partial charge in [-0.15, -0.1) is 0 Å². The second-order valence-electron chi connectivity index (χ2n) is 5.49. The molecule has 0 unspecified atom stereocenters. The van der Waals surface area contributed by atoms with Crippen molar-refractivity contribution >= 4 is 5.69 Å². The van der Waals surface area contributed by atoms with Crippen molar-refractivity contribution in [2.45, 2.75) is 52.7 Å². The molecule has 0 aliphatic heterocycles. The van der Waals surface area contributed by atoms with Crippen LogP contribution in [0.5, 0.6) is 0 Å². The summed E-state index contributed by atoms with van der Waals surface area (Å²) in [5, 5.41) is 10.00. The second kappa shape index (κ2) is 8.35. The van der Waals surface area contributed by atoms with Crippen molar-refractivity contribution in [3.05, 3.63) is 29.1 Å². The lowest BCUT2D eigenvalue weighted by Gasteiger charge is -2.35. The highest BCUT2D eigenvalue weighted by Crippen LogP contribution is 2.31. The highest BCUT2D eigenvalue weighted by Gasteiger charge is 2.21. The molecule has 0 fully saturated rings. The van der Waals surface area contributed by atoms with Gasteiger partial charge in [0.25, 0.3) is 0 Å². The minimum absolute atomic E-state index is 0.272. The van der Waals surface area contributed by atoms with Crippen LogP contribution in [0.3, 0.4) is 0 Å². The van der Waals surface area contributed by atoms with E-state index in [0.717, 1.165) is 25.1 Å². The van der Waals surface area contributed by atoms with E-state index < -0.39 is 6.10 Å². The maximum Gasteiger partial charge on any atom is 0.126 e. The van der Waals surface area contributed by atoms with Crippen LogP contribution in [0.4, 0.5) is 10.1 Å². The first-order valence-corrected chi connectivity index (χ1v) is 7.69. The fourth-order valence-electron chi connectivity index (χ4n) is 2.68. The molecule has 0 radical (unpaired) electrons. The SMILES string of the molecule is CCC(CC)N(CCOC)c1cc(C)c(F)cc1[C@@H](C)O. The van der Waals surface area contributed by atoms with Crippen LogP contribution in [-0.4, -0.2) is 31.4 Å². The maximum atomic E-state index is 13.8. The summed E-state index contributed by atoms with van der Waals surface area (Å²) >= 11 is 0. The molecule has 1 N–H and O–H groups in total. The Morgan fingerprint density at radius 3 is 2.38 bits per heavy atom. The lowest BCUT2D eigenvalue weighted by atomic mass is 10.0. The standard InChI is InChI=1S/C17H28FNO2/c1-6-14(7-2)19(8-9-21-5)17-10-12(3)16(18)11-15(17)13(4)20/h10-11,13-14,20H,6-9H2,1-5H3/t13-/m1/s1. The number of benzene rings is 1. The van der Waals surface area contributed by atoms with Gasteiger partial charge in [-0.25, -0.2) is 4.39 Å². The first kappa shape index (κ1) is 17.9. The van der Waals surface area contributed by atoms with Crippen LogP contribution in [0.15, 0.2) is 12.1 Å². The minimum Gasteiger partial charge on any atom is -0.389 e. The number of hydrogen-bond acceptors (Lipinski definition) is 3. The van der Waals surface area contributed by atoms with Crippen LogP contribution in [0.1, 0.15) is 50.8 Å². The fourth-order valence-corrected chi connectivity index (χ4v) is 2.68. The van der Waals surface area contributed by atoms with E-state index in [0.29, 0.717) is 23.8 Å². The third kappa shape index (κ3) is 4.42. The Morgan fingerprint density at radius 2 is 1.90 bits per heavy atom. The van der Waals surface area contributed by atoms with Crippen LogP contribution in [0, 0.1) is 12.7 Å². The lowest BCUT2D eigenvalue weighted by Crippen LogP contribution is -2.38. The third-order valence-corrected chi connectivity index (χ3v) is 3.99. The zero-order chi connectivity index (χ0) is 16.0. The van der Waals surface area contributed by atoms with E-state index in [2.05, 4.69) is 18.7 Å².